The Morgan fingerprint density at radius 3 is 2.78 bits per heavy atom. The number of carbonyl (C=O) groups is 1. The van der Waals surface area contributed by atoms with Gasteiger partial charge in [0.15, 0.2) is 0 Å². The van der Waals surface area contributed by atoms with Crippen LogP contribution in [0.5, 0.6) is 0 Å². The highest BCUT2D eigenvalue weighted by molar-refractivity contribution is 9.10. The lowest BCUT2D eigenvalue weighted by atomic mass is 10.2. The van der Waals surface area contributed by atoms with E-state index in [2.05, 4.69) is 36.5 Å². The van der Waals surface area contributed by atoms with Gasteiger partial charge in [0.2, 0.25) is 5.91 Å². The number of rotatable bonds is 6. The molecule has 0 atom stereocenters. The Bertz CT molecular complexity index is 409. The fraction of sp³-hybridized carbons (Fsp3) is 0.583. The second-order valence-corrected chi connectivity index (χ2v) is 5.10. The van der Waals surface area contributed by atoms with Crippen LogP contribution in [0.2, 0.25) is 0 Å². The lowest BCUT2D eigenvalue weighted by Gasteiger charge is -2.09. The van der Waals surface area contributed by atoms with Crippen molar-refractivity contribution in [3.63, 3.8) is 0 Å². The summed E-state index contributed by atoms with van der Waals surface area (Å²) in [7, 11) is 0. The minimum atomic E-state index is -0.0299. The molecule has 0 fully saturated rings. The fourth-order valence-electron chi connectivity index (χ4n) is 1.28. The lowest BCUT2D eigenvalue weighted by molar-refractivity contribution is -0.119. The smallest absolute Gasteiger partial charge is 0.239 e. The monoisotopic (exact) mass is 314 g/mol. The molecule has 18 heavy (non-hydrogen) atoms. The van der Waals surface area contributed by atoms with E-state index in [4.69, 9.17) is 0 Å². The second kappa shape index (κ2) is 7.31. The van der Waals surface area contributed by atoms with Crippen LogP contribution in [0, 0.1) is 0 Å². The molecule has 0 bridgehead atoms. The summed E-state index contributed by atoms with van der Waals surface area (Å²) in [4.78, 5) is 20.1. The topological polar surface area (TPSA) is 66.9 Å². The van der Waals surface area contributed by atoms with Crippen LogP contribution in [-0.4, -0.2) is 29.0 Å². The van der Waals surface area contributed by atoms with Crippen molar-refractivity contribution < 1.29 is 4.79 Å². The second-order valence-electron chi connectivity index (χ2n) is 4.29. The van der Waals surface area contributed by atoms with Crippen LogP contribution >= 0.6 is 15.9 Å². The third-order valence-electron chi connectivity index (χ3n) is 2.23. The fourth-order valence-corrected chi connectivity index (χ4v) is 1.68. The molecule has 0 radical (unpaired) electrons. The Kier molecular flexibility index (Phi) is 6.04. The standard InChI is InChI=1S/C12H19BrN4O/c1-4-5-14-11(18)7-15-10-6-9(13)16-12(17-10)8(2)3/h6,8H,4-5,7H2,1-3H3,(H,14,18)(H,15,16,17). The van der Waals surface area contributed by atoms with Gasteiger partial charge in [-0.25, -0.2) is 9.97 Å². The number of nitrogens with zero attached hydrogens (tertiary/aromatic N) is 2. The summed E-state index contributed by atoms with van der Waals surface area (Å²) in [5.41, 5.74) is 0. The maximum atomic E-state index is 11.5. The average Bonchev–Trinajstić information content (AvgIpc) is 2.33. The van der Waals surface area contributed by atoms with Crippen LogP contribution < -0.4 is 10.6 Å². The molecule has 0 aliphatic rings. The van der Waals surface area contributed by atoms with Crippen LogP contribution in [0.15, 0.2) is 10.7 Å². The number of hydrogen-bond acceptors (Lipinski definition) is 4. The third kappa shape index (κ3) is 5.00. The Morgan fingerprint density at radius 1 is 1.44 bits per heavy atom. The number of carbonyl (C=O) groups excluding carboxylic acids is 1. The summed E-state index contributed by atoms with van der Waals surface area (Å²) in [5, 5.41) is 5.79. The molecule has 6 heteroatoms. The van der Waals surface area contributed by atoms with E-state index in [1.165, 1.54) is 0 Å². The van der Waals surface area contributed by atoms with Crippen LogP contribution in [-0.2, 0) is 4.79 Å². The highest BCUT2D eigenvalue weighted by Crippen LogP contribution is 2.17. The summed E-state index contributed by atoms with van der Waals surface area (Å²) >= 11 is 3.34. The van der Waals surface area contributed by atoms with Crippen LogP contribution in [0.4, 0.5) is 5.82 Å². The van der Waals surface area contributed by atoms with Crippen LogP contribution in [0.3, 0.4) is 0 Å². The highest BCUT2D eigenvalue weighted by Gasteiger charge is 2.07. The molecule has 1 amide bonds. The molecular weight excluding hydrogens is 296 g/mol. The molecule has 100 valence electrons. The first kappa shape index (κ1) is 14.9. The number of hydrogen-bond donors (Lipinski definition) is 2. The zero-order chi connectivity index (χ0) is 13.5. The molecule has 0 saturated heterocycles. The van der Waals surface area contributed by atoms with Gasteiger partial charge < -0.3 is 10.6 Å². The van der Waals surface area contributed by atoms with E-state index in [1.807, 2.05) is 20.8 Å². The molecule has 0 unspecified atom stereocenters. The van der Waals surface area contributed by atoms with Crippen LogP contribution in [0.1, 0.15) is 38.9 Å². The van der Waals surface area contributed by atoms with Crippen molar-refractivity contribution in [1.29, 1.82) is 0 Å². The minimum Gasteiger partial charge on any atom is -0.361 e. The molecule has 1 heterocycles. The molecule has 0 aliphatic carbocycles. The number of halogens is 1. The predicted octanol–water partition coefficient (Wildman–Crippen LogP) is 2.30. The van der Waals surface area contributed by atoms with Gasteiger partial charge in [-0.2, -0.15) is 0 Å². The van der Waals surface area contributed by atoms with Crippen molar-refractivity contribution in [1.82, 2.24) is 15.3 Å². The van der Waals surface area contributed by atoms with E-state index >= 15 is 0 Å². The number of amides is 1. The minimum absolute atomic E-state index is 0.0299. The SMILES string of the molecule is CCCNC(=O)CNc1cc(Br)nc(C(C)C)n1. The molecule has 5 nitrogen and oxygen atoms in total. The van der Waals surface area contributed by atoms with Crippen molar-refractivity contribution >= 4 is 27.7 Å². The molecule has 1 aromatic rings. The summed E-state index contributed by atoms with van der Waals surface area (Å²) in [6.45, 7) is 7.00. The number of nitrogens with one attached hydrogen (secondary N) is 2. The van der Waals surface area contributed by atoms with Gasteiger partial charge in [0.05, 0.1) is 6.54 Å². The molecular formula is C12H19BrN4O. The van der Waals surface area contributed by atoms with E-state index in [9.17, 15) is 4.79 Å². The molecule has 0 aliphatic heterocycles. The Hall–Kier alpha value is -1.17. The summed E-state index contributed by atoms with van der Waals surface area (Å²) in [6, 6.07) is 1.76. The first-order chi connectivity index (χ1) is 8.52. The molecule has 0 saturated carbocycles. The number of aromatic nitrogens is 2. The van der Waals surface area contributed by atoms with Gasteiger partial charge in [-0.1, -0.05) is 20.8 Å². The van der Waals surface area contributed by atoms with Crippen molar-refractivity contribution in [2.75, 3.05) is 18.4 Å². The van der Waals surface area contributed by atoms with Gasteiger partial charge in [0.1, 0.15) is 16.2 Å². The van der Waals surface area contributed by atoms with Gasteiger partial charge in [-0.15, -0.1) is 0 Å². The first-order valence-electron chi connectivity index (χ1n) is 6.08. The Labute approximate surface area is 116 Å². The maximum absolute atomic E-state index is 11.5. The Morgan fingerprint density at radius 2 is 2.17 bits per heavy atom. The van der Waals surface area contributed by atoms with Crippen molar-refractivity contribution in [2.24, 2.45) is 0 Å². The predicted molar refractivity (Wildman–Crippen MR) is 75.6 cm³/mol. The quantitative estimate of drug-likeness (QED) is 0.791. The average molecular weight is 315 g/mol. The largest absolute Gasteiger partial charge is 0.361 e. The van der Waals surface area contributed by atoms with E-state index in [0.29, 0.717) is 12.4 Å². The molecule has 2 N–H and O–H groups in total. The van der Waals surface area contributed by atoms with Crippen molar-refractivity contribution in [3.8, 4) is 0 Å². The van der Waals surface area contributed by atoms with E-state index in [0.717, 1.165) is 16.8 Å². The molecule has 0 spiro atoms. The zero-order valence-corrected chi connectivity index (χ0v) is 12.5. The first-order valence-corrected chi connectivity index (χ1v) is 6.87. The van der Waals surface area contributed by atoms with E-state index < -0.39 is 0 Å². The van der Waals surface area contributed by atoms with Gasteiger partial charge >= 0.3 is 0 Å². The van der Waals surface area contributed by atoms with Gasteiger partial charge in [0, 0.05) is 18.5 Å². The molecule has 1 aromatic heterocycles. The summed E-state index contributed by atoms with van der Waals surface area (Å²) in [5.74, 6) is 1.63. The van der Waals surface area contributed by atoms with Crippen LogP contribution in [0.25, 0.3) is 0 Å². The summed E-state index contributed by atoms with van der Waals surface area (Å²) in [6.07, 6.45) is 0.933. The van der Waals surface area contributed by atoms with Gasteiger partial charge in [-0.05, 0) is 22.4 Å². The van der Waals surface area contributed by atoms with E-state index in [1.54, 1.807) is 6.07 Å². The highest BCUT2D eigenvalue weighted by atomic mass is 79.9. The normalized spacial score (nSPS) is 10.5. The summed E-state index contributed by atoms with van der Waals surface area (Å²) < 4.78 is 0.720. The van der Waals surface area contributed by atoms with Crippen molar-refractivity contribution in [2.45, 2.75) is 33.1 Å². The maximum Gasteiger partial charge on any atom is 0.239 e. The van der Waals surface area contributed by atoms with E-state index in [-0.39, 0.29) is 18.4 Å². The molecule has 1 rings (SSSR count). The molecule has 0 aromatic carbocycles. The number of anilines is 1. The third-order valence-corrected chi connectivity index (χ3v) is 2.64. The zero-order valence-electron chi connectivity index (χ0n) is 11.0. The van der Waals surface area contributed by atoms with Gasteiger partial charge in [0.25, 0.3) is 0 Å². The lowest BCUT2D eigenvalue weighted by Crippen LogP contribution is -2.30. The Balaban J connectivity index is 2.59. The van der Waals surface area contributed by atoms with Gasteiger partial charge in [-0.3, -0.25) is 4.79 Å². The van der Waals surface area contributed by atoms with Crippen molar-refractivity contribution in [3.05, 3.63) is 16.5 Å².